The number of carbonyl (C=O) groups excluding carboxylic acids is 1. The molecule has 0 unspecified atom stereocenters. The number of anilines is 1. The maximum absolute atomic E-state index is 12.4. The first-order chi connectivity index (χ1) is 15.7. The average Bonchev–Trinajstić information content (AvgIpc) is 3.29. The number of hydrogen-bond donors (Lipinski definition) is 1. The summed E-state index contributed by atoms with van der Waals surface area (Å²) in [6.45, 7) is 6.47. The fraction of sp³-hybridized carbons (Fsp3) is 0.160. The van der Waals surface area contributed by atoms with Crippen molar-refractivity contribution < 1.29 is 14.1 Å². The summed E-state index contributed by atoms with van der Waals surface area (Å²) in [5.41, 5.74) is 3.41. The van der Waals surface area contributed by atoms with E-state index in [0.29, 0.717) is 23.0 Å². The molecule has 33 heavy (non-hydrogen) atoms. The Kier molecular flexibility index (Phi) is 5.74. The average molecular weight is 442 g/mol. The molecule has 4 rings (SSSR count). The Hall–Kier alpha value is -4.33. The number of non-ortho nitro benzene ring substituents is 1. The van der Waals surface area contributed by atoms with E-state index in [0.717, 1.165) is 5.56 Å². The van der Waals surface area contributed by atoms with Gasteiger partial charge in [-0.1, -0.05) is 39.0 Å². The van der Waals surface area contributed by atoms with Gasteiger partial charge in [0.2, 0.25) is 11.8 Å². The van der Waals surface area contributed by atoms with Gasteiger partial charge in [-0.05, 0) is 53.4 Å². The van der Waals surface area contributed by atoms with E-state index in [1.54, 1.807) is 24.3 Å². The van der Waals surface area contributed by atoms with Crippen molar-refractivity contribution >= 4 is 17.3 Å². The van der Waals surface area contributed by atoms with Crippen molar-refractivity contribution in [3.8, 4) is 22.9 Å². The van der Waals surface area contributed by atoms with Crippen molar-refractivity contribution in [2.75, 3.05) is 5.32 Å². The maximum atomic E-state index is 12.4. The first-order valence-electron chi connectivity index (χ1n) is 10.3. The smallest absolute Gasteiger partial charge is 0.270 e. The molecule has 3 aromatic carbocycles. The Morgan fingerprint density at radius 2 is 1.48 bits per heavy atom. The molecule has 0 aliphatic carbocycles. The first-order valence-corrected chi connectivity index (χ1v) is 10.3. The van der Waals surface area contributed by atoms with Crippen molar-refractivity contribution in [1.82, 2.24) is 10.2 Å². The Morgan fingerprint density at radius 3 is 2.03 bits per heavy atom. The molecule has 0 spiro atoms. The summed E-state index contributed by atoms with van der Waals surface area (Å²) in [5, 5.41) is 21.9. The highest BCUT2D eigenvalue weighted by molar-refractivity contribution is 6.04. The minimum absolute atomic E-state index is 0.0604. The summed E-state index contributed by atoms with van der Waals surface area (Å²) in [7, 11) is 0. The van der Waals surface area contributed by atoms with Crippen LogP contribution in [0.2, 0.25) is 0 Å². The summed E-state index contributed by atoms with van der Waals surface area (Å²) in [4.78, 5) is 22.8. The van der Waals surface area contributed by atoms with Gasteiger partial charge in [-0.3, -0.25) is 14.9 Å². The minimum Gasteiger partial charge on any atom is -0.416 e. The number of hydrogen-bond acceptors (Lipinski definition) is 6. The molecule has 1 heterocycles. The summed E-state index contributed by atoms with van der Waals surface area (Å²) in [6, 6.07) is 20.5. The van der Waals surface area contributed by atoms with Crippen LogP contribution in [0, 0.1) is 10.1 Å². The Bertz CT molecular complexity index is 1300. The van der Waals surface area contributed by atoms with Crippen LogP contribution in [0.4, 0.5) is 11.4 Å². The quantitative estimate of drug-likeness (QED) is 0.306. The zero-order valence-electron chi connectivity index (χ0n) is 18.4. The van der Waals surface area contributed by atoms with E-state index < -0.39 is 10.8 Å². The van der Waals surface area contributed by atoms with Crippen LogP contribution >= 0.6 is 0 Å². The predicted molar refractivity (Wildman–Crippen MR) is 125 cm³/mol. The molecular formula is C25H22N4O4. The van der Waals surface area contributed by atoms with E-state index in [4.69, 9.17) is 4.42 Å². The van der Waals surface area contributed by atoms with Crippen LogP contribution in [0.15, 0.2) is 77.2 Å². The van der Waals surface area contributed by atoms with Gasteiger partial charge >= 0.3 is 0 Å². The van der Waals surface area contributed by atoms with Gasteiger partial charge < -0.3 is 9.73 Å². The summed E-state index contributed by atoms with van der Waals surface area (Å²) in [6.07, 6.45) is 0. The fourth-order valence-corrected chi connectivity index (χ4v) is 3.23. The van der Waals surface area contributed by atoms with Gasteiger partial charge in [0.05, 0.1) is 4.92 Å². The molecule has 1 N–H and O–H groups in total. The molecule has 8 nitrogen and oxygen atoms in total. The molecule has 0 aliphatic heterocycles. The first kappa shape index (κ1) is 21.9. The highest BCUT2D eigenvalue weighted by atomic mass is 16.6. The lowest BCUT2D eigenvalue weighted by Crippen LogP contribution is -2.11. The molecule has 0 saturated carbocycles. The third-order valence-corrected chi connectivity index (χ3v) is 5.13. The summed E-state index contributed by atoms with van der Waals surface area (Å²) >= 11 is 0. The van der Waals surface area contributed by atoms with E-state index in [9.17, 15) is 14.9 Å². The lowest BCUT2D eigenvalue weighted by Gasteiger charge is -2.18. The van der Waals surface area contributed by atoms with Crippen LogP contribution in [0.5, 0.6) is 0 Å². The van der Waals surface area contributed by atoms with Crippen LogP contribution in [-0.2, 0) is 5.41 Å². The SMILES string of the molecule is CC(C)(C)c1ccc(-c2nnc(-c3ccc(NC(=O)c4cccc([N+](=O)[O-])c4)cc3)o2)cc1. The van der Waals surface area contributed by atoms with Gasteiger partial charge in [0.25, 0.3) is 11.6 Å². The number of carbonyl (C=O) groups is 1. The number of nitro benzene ring substituents is 1. The van der Waals surface area contributed by atoms with Crippen molar-refractivity contribution in [2.24, 2.45) is 0 Å². The van der Waals surface area contributed by atoms with Gasteiger partial charge in [0.1, 0.15) is 0 Å². The molecule has 1 aromatic heterocycles. The predicted octanol–water partition coefficient (Wildman–Crippen LogP) is 5.86. The summed E-state index contributed by atoms with van der Waals surface area (Å²) in [5.74, 6) is 0.347. The van der Waals surface area contributed by atoms with Gasteiger partial charge in [-0.2, -0.15) is 0 Å². The number of rotatable bonds is 5. The fourth-order valence-electron chi connectivity index (χ4n) is 3.23. The van der Waals surface area contributed by atoms with Crippen LogP contribution in [-0.4, -0.2) is 21.0 Å². The second kappa shape index (κ2) is 8.66. The number of nitro groups is 1. The molecule has 0 radical (unpaired) electrons. The second-order valence-corrected chi connectivity index (χ2v) is 8.58. The highest BCUT2D eigenvalue weighted by Crippen LogP contribution is 2.28. The largest absolute Gasteiger partial charge is 0.416 e. The van der Waals surface area contributed by atoms with Crippen LogP contribution in [0.3, 0.4) is 0 Å². The molecule has 0 saturated heterocycles. The number of nitrogens with zero attached hydrogens (tertiary/aromatic N) is 3. The molecule has 0 fully saturated rings. The highest BCUT2D eigenvalue weighted by Gasteiger charge is 2.16. The third-order valence-electron chi connectivity index (χ3n) is 5.13. The topological polar surface area (TPSA) is 111 Å². The van der Waals surface area contributed by atoms with Crippen molar-refractivity contribution in [1.29, 1.82) is 0 Å². The molecular weight excluding hydrogens is 420 g/mol. The zero-order chi connectivity index (χ0) is 23.6. The zero-order valence-corrected chi connectivity index (χ0v) is 18.4. The lowest BCUT2D eigenvalue weighted by atomic mass is 9.87. The lowest BCUT2D eigenvalue weighted by molar-refractivity contribution is -0.384. The third kappa shape index (κ3) is 4.95. The minimum atomic E-state index is -0.539. The molecule has 0 atom stereocenters. The van der Waals surface area contributed by atoms with Crippen molar-refractivity contribution in [2.45, 2.75) is 26.2 Å². The van der Waals surface area contributed by atoms with E-state index in [1.165, 1.54) is 29.8 Å². The van der Waals surface area contributed by atoms with Crippen LogP contribution < -0.4 is 5.32 Å². The maximum Gasteiger partial charge on any atom is 0.270 e. The van der Waals surface area contributed by atoms with E-state index >= 15 is 0 Å². The standard InChI is InChI=1S/C25H22N4O4/c1-25(2,3)19-11-7-16(8-12-19)23-27-28-24(33-23)17-9-13-20(14-10-17)26-22(30)18-5-4-6-21(15-18)29(31)32/h4-15H,1-3H3,(H,26,30). The van der Waals surface area contributed by atoms with Crippen molar-refractivity contribution in [3.63, 3.8) is 0 Å². The molecule has 4 aromatic rings. The monoisotopic (exact) mass is 442 g/mol. The molecule has 0 aliphatic rings. The number of amides is 1. The van der Waals surface area contributed by atoms with E-state index in [2.05, 4.69) is 48.4 Å². The van der Waals surface area contributed by atoms with Crippen LogP contribution in [0.1, 0.15) is 36.7 Å². The van der Waals surface area contributed by atoms with Gasteiger partial charge in [0.15, 0.2) is 0 Å². The Labute approximate surface area is 190 Å². The van der Waals surface area contributed by atoms with Crippen LogP contribution in [0.25, 0.3) is 22.9 Å². The molecule has 0 bridgehead atoms. The number of aromatic nitrogens is 2. The molecule has 1 amide bonds. The molecule has 8 heteroatoms. The number of benzene rings is 3. The Balaban J connectivity index is 1.47. The number of nitrogens with one attached hydrogen (secondary N) is 1. The summed E-state index contributed by atoms with van der Waals surface area (Å²) < 4.78 is 5.83. The Morgan fingerprint density at radius 1 is 0.909 bits per heavy atom. The van der Waals surface area contributed by atoms with Gasteiger partial charge in [0, 0.05) is 34.5 Å². The second-order valence-electron chi connectivity index (χ2n) is 8.58. The van der Waals surface area contributed by atoms with Gasteiger partial charge in [-0.25, -0.2) is 0 Å². The van der Waals surface area contributed by atoms with Gasteiger partial charge in [-0.15, -0.1) is 10.2 Å². The van der Waals surface area contributed by atoms with E-state index in [1.807, 2.05) is 12.1 Å². The normalized spacial score (nSPS) is 11.2. The van der Waals surface area contributed by atoms with Crippen molar-refractivity contribution in [3.05, 3.63) is 94.0 Å². The molecule has 166 valence electrons. The van der Waals surface area contributed by atoms with E-state index in [-0.39, 0.29) is 16.7 Å².